The number of Topliss-reactive ketones (excluding diaryl/α,β-unsaturated/α-hetero) is 1. The fraction of sp³-hybridized carbons (Fsp3) is 0.351. The molecule has 5 rings (SSSR count). The fourth-order valence-corrected chi connectivity index (χ4v) is 6.93. The summed E-state index contributed by atoms with van der Waals surface area (Å²) in [6.07, 6.45) is 2.80. The van der Waals surface area contributed by atoms with E-state index in [-0.39, 0.29) is 16.5 Å². The second kappa shape index (κ2) is 16.2. The summed E-state index contributed by atoms with van der Waals surface area (Å²) in [7, 11) is 1.54. The molecule has 4 aromatic rings. The number of unbranched alkanes of at least 4 members (excludes halogenated alkanes) is 1. The Morgan fingerprint density at radius 3 is 2.42 bits per heavy atom. The molecule has 0 bridgehead atoms. The average Bonchev–Trinajstić information content (AvgIpc) is 3.66. The van der Waals surface area contributed by atoms with Crippen LogP contribution in [-0.2, 0) is 15.3 Å². The SMILES string of the molecule is CCCCOc1ccc(/C(O)=C2/C(=O)C(=O)N(c3nnc(SCc4ccc(C)cc4)s3)C2c2ccc(OCCC(C)C)c(OC)c2)cc1. The Labute approximate surface area is 290 Å². The van der Waals surface area contributed by atoms with Crippen LogP contribution in [0.1, 0.15) is 68.3 Å². The van der Waals surface area contributed by atoms with E-state index in [0.29, 0.717) is 57.6 Å². The first-order valence-corrected chi connectivity index (χ1v) is 17.9. The molecule has 0 spiro atoms. The predicted molar refractivity (Wildman–Crippen MR) is 190 cm³/mol. The standard InChI is InChI=1S/C37H41N3O6S2/c1-6-7-19-45-28-15-12-26(13-16-28)33(41)31-32(27-14-17-29(30(21-27)44-5)46-20-18-23(2)3)40(35(43)34(31)42)36-38-39-37(48-36)47-22-25-10-8-24(4)9-11-25/h8-17,21,23,32,41H,6-7,18-20,22H2,1-5H3/b33-31-. The zero-order valence-corrected chi connectivity index (χ0v) is 29.5. The largest absolute Gasteiger partial charge is 0.507 e. The van der Waals surface area contributed by atoms with Gasteiger partial charge in [0.2, 0.25) is 5.13 Å². The molecule has 0 saturated carbocycles. The topological polar surface area (TPSA) is 111 Å². The van der Waals surface area contributed by atoms with Crippen molar-refractivity contribution in [3.05, 3.63) is 94.6 Å². The van der Waals surface area contributed by atoms with E-state index >= 15 is 0 Å². The van der Waals surface area contributed by atoms with Gasteiger partial charge in [-0.2, -0.15) is 0 Å². The van der Waals surface area contributed by atoms with Gasteiger partial charge in [-0.25, -0.2) is 0 Å². The number of carbonyl (C=O) groups is 2. The second-order valence-electron chi connectivity index (χ2n) is 12.0. The first kappa shape index (κ1) is 35.0. The molecule has 1 unspecified atom stereocenters. The number of nitrogens with zero attached hydrogens (tertiary/aromatic N) is 3. The maximum Gasteiger partial charge on any atom is 0.301 e. The van der Waals surface area contributed by atoms with Gasteiger partial charge in [-0.1, -0.05) is 86.2 Å². The third-order valence-electron chi connectivity index (χ3n) is 7.88. The number of aliphatic hydroxyl groups excluding tert-OH is 1. The first-order chi connectivity index (χ1) is 23.2. The second-order valence-corrected chi connectivity index (χ2v) is 14.1. The predicted octanol–water partition coefficient (Wildman–Crippen LogP) is 8.38. The Morgan fingerprint density at radius 2 is 1.73 bits per heavy atom. The smallest absolute Gasteiger partial charge is 0.301 e. The van der Waals surface area contributed by atoms with E-state index in [1.54, 1.807) is 42.5 Å². The van der Waals surface area contributed by atoms with Gasteiger partial charge in [0, 0.05) is 11.3 Å². The van der Waals surface area contributed by atoms with E-state index in [0.717, 1.165) is 24.8 Å². The number of methoxy groups -OCH3 is 1. The number of benzene rings is 3. The van der Waals surface area contributed by atoms with E-state index in [9.17, 15) is 14.7 Å². The highest BCUT2D eigenvalue weighted by molar-refractivity contribution is 8.00. The summed E-state index contributed by atoms with van der Waals surface area (Å²) in [5.41, 5.74) is 3.19. The van der Waals surface area contributed by atoms with E-state index in [1.165, 1.54) is 40.7 Å². The molecular formula is C37H41N3O6S2. The minimum absolute atomic E-state index is 0.0563. The molecule has 1 atom stereocenters. The van der Waals surface area contributed by atoms with Crippen LogP contribution in [0.2, 0.25) is 0 Å². The Hall–Kier alpha value is -4.35. The van der Waals surface area contributed by atoms with Crippen LogP contribution in [0.25, 0.3) is 5.76 Å². The van der Waals surface area contributed by atoms with Gasteiger partial charge in [-0.05, 0) is 73.2 Å². The molecule has 3 aromatic carbocycles. The van der Waals surface area contributed by atoms with Crippen molar-refractivity contribution in [3.63, 3.8) is 0 Å². The normalized spacial score (nSPS) is 15.7. The highest BCUT2D eigenvalue weighted by atomic mass is 32.2. The highest BCUT2D eigenvalue weighted by Crippen LogP contribution is 2.45. The molecule has 1 aliphatic heterocycles. The summed E-state index contributed by atoms with van der Waals surface area (Å²) in [5.74, 6) is 0.869. The number of hydrogen-bond acceptors (Lipinski definition) is 10. The molecule has 1 N–H and O–H groups in total. The maximum absolute atomic E-state index is 13.8. The van der Waals surface area contributed by atoms with Gasteiger partial charge in [0.15, 0.2) is 15.8 Å². The molecule has 1 aliphatic rings. The molecule has 0 radical (unpaired) electrons. The molecule has 1 amide bonds. The Morgan fingerprint density at radius 1 is 0.979 bits per heavy atom. The van der Waals surface area contributed by atoms with Crippen LogP contribution in [0.4, 0.5) is 5.13 Å². The number of thioether (sulfide) groups is 1. The number of aliphatic hydroxyl groups is 1. The van der Waals surface area contributed by atoms with E-state index < -0.39 is 17.7 Å². The van der Waals surface area contributed by atoms with Crippen molar-refractivity contribution >= 4 is 45.7 Å². The maximum atomic E-state index is 13.8. The number of ketones is 1. The molecule has 2 heterocycles. The van der Waals surface area contributed by atoms with Gasteiger partial charge >= 0.3 is 5.91 Å². The number of aryl methyl sites for hydroxylation is 1. The monoisotopic (exact) mass is 687 g/mol. The van der Waals surface area contributed by atoms with Crippen LogP contribution >= 0.6 is 23.1 Å². The Bertz CT molecular complexity index is 1750. The number of aromatic nitrogens is 2. The van der Waals surface area contributed by atoms with Crippen molar-refractivity contribution in [1.82, 2.24) is 10.2 Å². The molecule has 252 valence electrons. The van der Waals surface area contributed by atoms with E-state index in [1.807, 2.05) is 6.92 Å². The van der Waals surface area contributed by atoms with Crippen LogP contribution < -0.4 is 19.1 Å². The molecule has 0 aliphatic carbocycles. The van der Waals surface area contributed by atoms with Crippen LogP contribution in [0.5, 0.6) is 17.2 Å². The van der Waals surface area contributed by atoms with Crippen molar-refractivity contribution < 1.29 is 28.9 Å². The number of carbonyl (C=O) groups excluding carboxylic acids is 2. The lowest BCUT2D eigenvalue weighted by atomic mass is 9.95. The average molecular weight is 688 g/mol. The van der Waals surface area contributed by atoms with Crippen molar-refractivity contribution in [2.75, 3.05) is 25.2 Å². The Kier molecular flexibility index (Phi) is 11.8. The van der Waals surface area contributed by atoms with E-state index in [4.69, 9.17) is 14.2 Å². The zero-order valence-electron chi connectivity index (χ0n) is 27.9. The van der Waals surface area contributed by atoms with Gasteiger partial charge < -0.3 is 19.3 Å². The lowest BCUT2D eigenvalue weighted by molar-refractivity contribution is -0.132. The molecule has 1 saturated heterocycles. The van der Waals surface area contributed by atoms with E-state index in [2.05, 4.69) is 55.2 Å². The lowest BCUT2D eigenvalue weighted by Crippen LogP contribution is -2.29. The number of rotatable bonds is 15. The summed E-state index contributed by atoms with van der Waals surface area (Å²) in [6.45, 7) is 9.47. The van der Waals surface area contributed by atoms with Gasteiger partial charge in [-0.3, -0.25) is 14.5 Å². The van der Waals surface area contributed by atoms with Crippen LogP contribution in [0.15, 0.2) is 76.6 Å². The van der Waals surface area contributed by atoms with Crippen molar-refractivity contribution in [3.8, 4) is 17.2 Å². The minimum Gasteiger partial charge on any atom is -0.507 e. The van der Waals surface area contributed by atoms with Crippen molar-refractivity contribution in [2.45, 2.75) is 63.1 Å². The third kappa shape index (κ3) is 8.19. The molecule has 1 aromatic heterocycles. The van der Waals surface area contributed by atoms with Gasteiger partial charge in [0.25, 0.3) is 5.78 Å². The van der Waals surface area contributed by atoms with Crippen LogP contribution in [0.3, 0.4) is 0 Å². The summed E-state index contributed by atoms with van der Waals surface area (Å²) in [5, 5.41) is 20.6. The summed E-state index contributed by atoms with van der Waals surface area (Å²) in [6, 6.07) is 19.4. The number of ether oxygens (including phenoxy) is 3. The quantitative estimate of drug-likeness (QED) is 0.0329. The summed E-state index contributed by atoms with van der Waals surface area (Å²) in [4.78, 5) is 28.9. The molecule has 9 nitrogen and oxygen atoms in total. The molecule has 11 heteroatoms. The summed E-state index contributed by atoms with van der Waals surface area (Å²) >= 11 is 2.72. The molecular weight excluding hydrogens is 647 g/mol. The minimum atomic E-state index is -0.994. The number of hydrogen-bond donors (Lipinski definition) is 1. The van der Waals surface area contributed by atoms with Gasteiger partial charge in [-0.15, -0.1) is 10.2 Å². The Balaban J connectivity index is 1.52. The van der Waals surface area contributed by atoms with Crippen LogP contribution in [-0.4, -0.2) is 47.3 Å². The van der Waals surface area contributed by atoms with Crippen molar-refractivity contribution in [2.24, 2.45) is 5.92 Å². The molecule has 1 fully saturated rings. The number of amides is 1. The van der Waals surface area contributed by atoms with Gasteiger partial charge in [0.05, 0.1) is 31.9 Å². The zero-order chi connectivity index (χ0) is 34.2. The summed E-state index contributed by atoms with van der Waals surface area (Å²) < 4.78 is 18.1. The van der Waals surface area contributed by atoms with Crippen LogP contribution in [0, 0.1) is 12.8 Å². The third-order valence-corrected chi connectivity index (χ3v) is 10.0. The van der Waals surface area contributed by atoms with Gasteiger partial charge in [0.1, 0.15) is 11.5 Å². The first-order valence-electron chi connectivity index (χ1n) is 16.1. The highest BCUT2D eigenvalue weighted by Gasteiger charge is 2.48. The molecule has 48 heavy (non-hydrogen) atoms. The lowest BCUT2D eigenvalue weighted by Gasteiger charge is -2.23. The van der Waals surface area contributed by atoms with Crippen molar-refractivity contribution in [1.29, 1.82) is 0 Å². The number of anilines is 1. The fourth-order valence-electron chi connectivity index (χ4n) is 5.11.